The lowest BCUT2D eigenvalue weighted by molar-refractivity contribution is 0.111. The van der Waals surface area contributed by atoms with Gasteiger partial charge in [-0.2, -0.15) is 0 Å². The smallest absolute Gasteiger partial charge is 0.150 e. The van der Waals surface area contributed by atoms with Crippen LogP contribution >= 0.6 is 0 Å². The maximum Gasteiger partial charge on any atom is 0.150 e. The monoisotopic (exact) mass is 242 g/mol. The molecule has 0 amide bonds. The predicted octanol–water partition coefficient (Wildman–Crippen LogP) is 3.01. The molecule has 0 aromatic heterocycles. The van der Waals surface area contributed by atoms with Crippen LogP contribution in [0.25, 0.3) is 0 Å². The van der Waals surface area contributed by atoms with Gasteiger partial charge in [-0.1, -0.05) is 36.4 Å². The number of phenols is 1. The number of aldehydes is 2. The van der Waals surface area contributed by atoms with Crippen LogP contribution in [0.5, 0.6) is 5.75 Å². The highest BCUT2D eigenvalue weighted by Gasteiger charge is 1.90. The molecule has 0 saturated heterocycles. The highest BCUT2D eigenvalue weighted by Crippen LogP contribution is 2.08. The lowest BCUT2D eigenvalue weighted by Crippen LogP contribution is -1.82. The van der Waals surface area contributed by atoms with Gasteiger partial charge in [-0.25, -0.2) is 0 Å². The fraction of sp³-hybridized carbons (Fsp3) is 0.0667. The molecule has 0 bridgehead atoms. The van der Waals surface area contributed by atoms with Crippen LogP contribution in [0.15, 0.2) is 48.5 Å². The number of phenolic OH excluding ortho intramolecular Hbond substituents is 1. The van der Waals surface area contributed by atoms with Crippen molar-refractivity contribution in [3.8, 4) is 5.75 Å². The van der Waals surface area contributed by atoms with E-state index in [9.17, 15) is 9.59 Å². The van der Waals surface area contributed by atoms with E-state index < -0.39 is 0 Å². The molecule has 18 heavy (non-hydrogen) atoms. The summed E-state index contributed by atoms with van der Waals surface area (Å²) in [6.45, 7) is 1.92. The Labute approximate surface area is 106 Å². The molecule has 3 heteroatoms. The van der Waals surface area contributed by atoms with E-state index in [2.05, 4.69) is 0 Å². The van der Waals surface area contributed by atoms with Crippen LogP contribution in [0.3, 0.4) is 0 Å². The second-order valence-electron chi connectivity index (χ2n) is 3.69. The van der Waals surface area contributed by atoms with Gasteiger partial charge in [0.1, 0.15) is 18.3 Å². The van der Waals surface area contributed by atoms with Gasteiger partial charge in [0.15, 0.2) is 0 Å². The van der Waals surface area contributed by atoms with Crippen molar-refractivity contribution < 1.29 is 14.7 Å². The molecular weight excluding hydrogens is 228 g/mol. The lowest BCUT2D eigenvalue weighted by Gasteiger charge is -1.92. The number of hydrogen-bond donors (Lipinski definition) is 1. The molecule has 2 rings (SSSR count). The molecule has 0 unspecified atom stereocenters. The zero-order valence-electron chi connectivity index (χ0n) is 10.0. The molecule has 0 fully saturated rings. The second-order valence-corrected chi connectivity index (χ2v) is 3.69. The average Bonchev–Trinajstić information content (AvgIpc) is 2.40. The van der Waals surface area contributed by atoms with Crippen LogP contribution in [0, 0.1) is 6.92 Å². The molecule has 0 aliphatic rings. The van der Waals surface area contributed by atoms with E-state index in [1.54, 1.807) is 12.1 Å². The predicted molar refractivity (Wildman–Crippen MR) is 70.1 cm³/mol. The van der Waals surface area contributed by atoms with E-state index in [4.69, 9.17) is 5.11 Å². The van der Waals surface area contributed by atoms with Gasteiger partial charge in [0.05, 0.1) is 0 Å². The number of carbonyl (C=O) groups is 2. The number of carbonyl (C=O) groups excluding carboxylic acids is 2. The number of aromatic hydroxyl groups is 1. The van der Waals surface area contributed by atoms with Crippen molar-refractivity contribution in [1.82, 2.24) is 0 Å². The highest BCUT2D eigenvalue weighted by molar-refractivity contribution is 5.76. The maximum atomic E-state index is 10.2. The Morgan fingerprint density at radius 2 is 1.67 bits per heavy atom. The SMILES string of the molecule is Cc1ccccc1C=O.O=Cc1cccc(O)c1. The molecule has 92 valence electrons. The van der Waals surface area contributed by atoms with Crippen molar-refractivity contribution in [3.63, 3.8) is 0 Å². The third kappa shape index (κ3) is 4.22. The molecular formula is C15H14O3. The molecule has 0 radical (unpaired) electrons. The second kappa shape index (κ2) is 7.01. The van der Waals surface area contributed by atoms with Crippen LogP contribution in [0.2, 0.25) is 0 Å². The molecule has 0 atom stereocenters. The van der Waals surface area contributed by atoms with Crippen LogP contribution in [-0.4, -0.2) is 17.7 Å². The molecule has 3 nitrogen and oxygen atoms in total. The Kier molecular flexibility index (Phi) is 5.32. The largest absolute Gasteiger partial charge is 0.508 e. The fourth-order valence-corrected chi connectivity index (χ4v) is 1.32. The number of benzene rings is 2. The third-order valence-corrected chi connectivity index (χ3v) is 2.32. The van der Waals surface area contributed by atoms with E-state index in [0.29, 0.717) is 11.8 Å². The summed E-state index contributed by atoms with van der Waals surface area (Å²) in [6.07, 6.45) is 1.56. The highest BCUT2D eigenvalue weighted by atomic mass is 16.3. The summed E-state index contributed by atoms with van der Waals surface area (Å²) in [6, 6.07) is 13.7. The lowest BCUT2D eigenvalue weighted by atomic mass is 10.1. The first-order valence-electron chi connectivity index (χ1n) is 5.42. The first-order valence-corrected chi connectivity index (χ1v) is 5.42. The van der Waals surface area contributed by atoms with Gasteiger partial charge in [0, 0.05) is 11.1 Å². The molecule has 0 heterocycles. The van der Waals surface area contributed by atoms with Crippen molar-refractivity contribution in [2.45, 2.75) is 6.92 Å². The van der Waals surface area contributed by atoms with E-state index in [0.717, 1.165) is 17.4 Å². The summed E-state index contributed by atoms with van der Waals surface area (Å²) in [5.41, 5.74) is 2.31. The van der Waals surface area contributed by atoms with Crippen molar-refractivity contribution >= 4 is 12.6 Å². The Morgan fingerprint density at radius 3 is 2.11 bits per heavy atom. The van der Waals surface area contributed by atoms with Crippen molar-refractivity contribution in [1.29, 1.82) is 0 Å². The first-order chi connectivity index (χ1) is 8.67. The Bertz CT molecular complexity index is 533. The summed E-state index contributed by atoms with van der Waals surface area (Å²) in [4.78, 5) is 20.3. The van der Waals surface area contributed by atoms with Gasteiger partial charge >= 0.3 is 0 Å². The van der Waals surface area contributed by atoms with Crippen LogP contribution < -0.4 is 0 Å². The van der Waals surface area contributed by atoms with Gasteiger partial charge in [0.25, 0.3) is 0 Å². The zero-order valence-corrected chi connectivity index (χ0v) is 10.0. The van der Waals surface area contributed by atoms with Gasteiger partial charge in [0.2, 0.25) is 0 Å². The normalized spacial score (nSPS) is 8.94. The topological polar surface area (TPSA) is 54.4 Å². The molecule has 0 aliphatic carbocycles. The van der Waals surface area contributed by atoms with E-state index in [-0.39, 0.29) is 5.75 Å². The maximum absolute atomic E-state index is 10.2. The Balaban J connectivity index is 0.000000180. The molecule has 1 N–H and O–H groups in total. The Morgan fingerprint density at radius 1 is 0.944 bits per heavy atom. The Hall–Kier alpha value is -2.42. The van der Waals surface area contributed by atoms with E-state index in [1.165, 1.54) is 12.1 Å². The summed E-state index contributed by atoms with van der Waals surface area (Å²) in [7, 11) is 0. The minimum Gasteiger partial charge on any atom is -0.508 e. The zero-order chi connectivity index (χ0) is 13.4. The number of hydrogen-bond acceptors (Lipinski definition) is 3. The van der Waals surface area contributed by atoms with Gasteiger partial charge in [-0.15, -0.1) is 0 Å². The van der Waals surface area contributed by atoms with Crippen molar-refractivity contribution in [2.75, 3.05) is 0 Å². The summed E-state index contributed by atoms with van der Waals surface area (Å²) >= 11 is 0. The van der Waals surface area contributed by atoms with Crippen molar-refractivity contribution in [3.05, 3.63) is 65.2 Å². The number of rotatable bonds is 2. The quantitative estimate of drug-likeness (QED) is 0.823. The van der Waals surface area contributed by atoms with E-state index in [1.807, 2.05) is 31.2 Å². The molecule has 2 aromatic rings. The third-order valence-electron chi connectivity index (χ3n) is 2.32. The average molecular weight is 242 g/mol. The number of aryl methyl sites for hydroxylation is 1. The molecule has 0 spiro atoms. The molecule has 0 saturated carbocycles. The minimum atomic E-state index is 0.125. The van der Waals surface area contributed by atoms with Gasteiger partial charge in [-0.05, 0) is 24.6 Å². The van der Waals surface area contributed by atoms with Crippen LogP contribution in [-0.2, 0) is 0 Å². The summed E-state index contributed by atoms with van der Waals surface area (Å²) < 4.78 is 0. The molecule has 2 aromatic carbocycles. The van der Waals surface area contributed by atoms with Gasteiger partial charge in [-0.3, -0.25) is 9.59 Å². The van der Waals surface area contributed by atoms with Crippen molar-refractivity contribution in [2.24, 2.45) is 0 Å². The first kappa shape index (κ1) is 13.6. The van der Waals surface area contributed by atoms with Crippen LogP contribution in [0.1, 0.15) is 26.3 Å². The van der Waals surface area contributed by atoms with Crippen LogP contribution in [0.4, 0.5) is 0 Å². The fourth-order valence-electron chi connectivity index (χ4n) is 1.32. The molecule has 0 aliphatic heterocycles. The summed E-state index contributed by atoms with van der Waals surface area (Å²) in [5, 5.41) is 8.79. The van der Waals surface area contributed by atoms with Gasteiger partial charge < -0.3 is 5.11 Å². The van der Waals surface area contributed by atoms with E-state index >= 15 is 0 Å². The summed E-state index contributed by atoms with van der Waals surface area (Å²) in [5.74, 6) is 0.125. The minimum absolute atomic E-state index is 0.125. The standard InChI is InChI=1S/C8H8O.C7H6O2/c1-7-4-2-3-5-8(7)6-9;8-5-6-2-1-3-7(9)4-6/h2-6H,1H3;1-5,9H.